The molecule has 1 N–H and O–H groups in total. The average molecular weight is 296 g/mol. The fourth-order valence-electron chi connectivity index (χ4n) is 3.62. The van der Waals surface area contributed by atoms with Gasteiger partial charge in [0.1, 0.15) is 0 Å². The Kier molecular flexibility index (Phi) is 5.00. The minimum Gasteiger partial charge on any atom is -0.311 e. The quantitative estimate of drug-likeness (QED) is 0.835. The Hall–Kier alpha value is -0.540. The first-order valence-electron chi connectivity index (χ1n) is 8.20. The number of hydrogen-bond acceptors (Lipinski definition) is 2. The van der Waals surface area contributed by atoms with Gasteiger partial charge in [0.25, 0.3) is 0 Å². The van der Waals surface area contributed by atoms with Crippen molar-refractivity contribution in [3.05, 3.63) is 18.0 Å². The van der Waals surface area contributed by atoms with Crippen molar-refractivity contribution < 1.29 is 0 Å². The molecule has 0 bridgehead atoms. The monoisotopic (exact) mass is 295 g/mol. The van der Waals surface area contributed by atoms with Crippen molar-refractivity contribution >= 4 is 11.6 Å². The molecule has 3 rings (SSSR count). The molecule has 1 aromatic rings. The summed E-state index contributed by atoms with van der Waals surface area (Å²) >= 11 is 6.15. The highest BCUT2D eigenvalue weighted by Crippen LogP contribution is 2.29. The first-order chi connectivity index (χ1) is 9.81. The van der Waals surface area contributed by atoms with Crippen LogP contribution in [0.2, 0.25) is 0 Å². The molecule has 0 aliphatic heterocycles. The van der Waals surface area contributed by atoms with Gasteiger partial charge in [-0.1, -0.05) is 19.3 Å². The van der Waals surface area contributed by atoms with Crippen molar-refractivity contribution in [2.24, 2.45) is 5.92 Å². The highest BCUT2D eigenvalue weighted by Gasteiger charge is 2.22. The zero-order valence-corrected chi connectivity index (χ0v) is 13.0. The first kappa shape index (κ1) is 14.4. The summed E-state index contributed by atoms with van der Waals surface area (Å²) in [4.78, 5) is 0. The van der Waals surface area contributed by atoms with E-state index in [1.165, 1.54) is 57.1 Å². The molecular weight excluding hydrogens is 270 g/mol. The zero-order valence-electron chi connectivity index (χ0n) is 12.2. The standard InChI is InChI=1S/C16H26ClN3/c17-14-7-6-13(10-14)11-18-12-15-8-9-20(19-15)16-4-2-1-3-5-16/h8-9,13-14,16,18H,1-7,10-12H2. The van der Waals surface area contributed by atoms with E-state index >= 15 is 0 Å². The van der Waals surface area contributed by atoms with Crippen LogP contribution in [0, 0.1) is 5.92 Å². The van der Waals surface area contributed by atoms with E-state index in [2.05, 4.69) is 22.3 Å². The van der Waals surface area contributed by atoms with Gasteiger partial charge in [0.05, 0.1) is 11.7 Å². The third-order valence-electron chi connectivity index (χ3n) is 4.83. The number of rotatable bonds is 5. The van der Waals surface area contributed by atoms with Crippen LogP contribution in [0.15, 0.2) is 12.3 Å². The second-order valence-electron chi connectivity index (χ2n) is 6.49. The molecule has 2 saturated carbocycles. The smallest absolute Gasteiger partial charge is 0.0762 e. The lowest BCUT2D eigenvalue weighted by Gasteiger charge is -2.21. The van der Waals surface area contributed by atoms with E-state index in [-0.39, 0.29) is 0 Å². The summed E-state index contributed by atoms with van der Waals surface area (Å²) in [6.07, 6.45) is 12.5. The van der Waals surface area contributed by atoms with Gasteiger partial charge in [0, 0.05) is 18.1 Å². The second-order valence-corrected chi connectivity index (χ2v) is 7.10. The predicted octanol–water partition coefficient (Wildman–Crippen LogP) is 3.89. The molecule has 2 aliphatic carbocycles. The Balaban J connectivity index is 1.43. The van der Waals surface area contributed by atoms with E-state index in [4.69, 9.17) is 16.7 Å². The first-order valence-corrected chi connectivity index (χ1v) is 8.64. The molecule has 1 heterocycles. The van der Waals surface area contributed by atoms with Crippen LogP contribution < -0.4 is 5.32 Å². The molecule has 0 spiro atoms. The van der Waals surface area contributed by atoms with Gasteiger partial charge in [-0.25, -0.2) is 0 Å². The van der Waals surface area contributed by atoms with Crippen molar-refractivity contribution in [2.45, 2.75) is 69.3 Å². The van der Waals surface area contributed by atoms with E-state index in [1.807, 2.05) is 0 Å². The number of halogens is 1. The minimum absolute atomic E-state index is 0.410. The molecule has 3 nitrogen and oxygen atoms in total. The Morgan fingerprint density at radius 1 is 1.20 bits per heavy atom. The van der Waals surface area contributed by atoms with Gasteiger partial charge >= 0.3 is 0 Å². The molecule has 2 fully saturated rings. The highest BCUT2D eigenvalue weighted by atomic mass is 35.5. The summed E-state index contributed by atoms with van der Waals surface area (Å²) in [5.41, 5.74) is 1.18. The molecule has 4 heteroatoms. The van der Waals surface area contributed by atoms with Gasteiger partial charge in [-0.15, -0.1) is 11.6 Å². The third-order valence-corrected chi connectivity index (χ3v) is 5.23. The van der Waals surface area contributed by atoms with Gasteiger partial charge in [0.15, 0.2) is 0 Å². The predicted molar refractivity (Wildman–Crippen MR) is 83.0 cm³/mol. The van der Waals surface area contributed by atoms with Gasteiger partial charge in [-0.2, -0.15) is 5.10 Å². The Bertz CT molecular complexity index is 412. The third kappa shape index (κ3) is 3.76. The van der Waals surface area contributed by atoms with Crippen LogP contribution in [-0.4, -0.2) is 21.7 Å². The van der Waals surface area contributed by atoms with Gasteiger partial charge in [-0.05, 0) is 50.6 Å². The number of aromatic nitrogens is 2. The van der Waals surface area contributed by atoms with E-state index in [0.29, 0.717) is 11.4 Å². The van der Waals surface area contributed by atoms with Crippen LogP contribution in [0.3, 0.4) is 0 Å². The van der Waals surface area contributed by atoms with E-state index in [0.717, 1.165) is 19.0 Å². The second kappa shape index (κ2) is 6.95. The number of nitrogens with zero attached hydrogens (tertiary/aromatic N) is 2. The molecule has 2 unspecified atom stereocenters. The summed E-state index contributed by atoms with van der Waals surface area (Å²) in [6.45, 7) is 1.97. The lowest BCUT2D eigenvalue weighted by Crippen LogP contribution is -2.21. The topological polar surface area (TPSA) is 29.9 Å². The molecule has 2 atom stereocenters. The van der Waals surface area contributed by atoms with Crippen LogP contribution in [0.1, 0.15) is 63.1 Å². The Morgan fingerprint density at radius 2 is 2.05 bits per heavy atom. The maximum Gasteiger partial charge on any atom is 0.0762 e. The summed E-state index contributed by atoms with van der Waals surface area (Å²) in [5, 5.41) is 8.70. The molecule has 2 aliphatic rings. The molecular formula is C16H26ClN3. The maximum atomic E-state index is 6.15. The molecule has 112 valence electrons. The summed E-state index contributed by atoms with van der Waals surface area (Å²) in [6, 6.07) is 2.81. The van der Waals surface area contributed by atoms with Crippen molar-refractivity contribution in [1.82, 2.24) is 15.1 Å². The number of alkyl halides is 1. The normalized spacial score (nSPS) is 28.1. The van der Waals surface area contributed by atoms with Crippen molar-refractivity contribution in [3.63, 3.8) is 0 Å². The van der Waals surface area contributed by atoms with E-state index < -0.39 is 0 Å². The van der Waals surface area contributed by atoms with Crippen molar-refractivity contribution in [3.8, 4) is 0 Å². The fourth-order valence-corrected chi connectivity index (χ4v) is 4.00. The van der Waals surface area contributed by atoms with Crippen LogP contribution in [0.25, 0.3) is 0 Å². The largest absolute Gasteiger partial charge is 0.311 e. The van der Waals surface area contributed by atoms with Crippen LogP contribution >= 0.6 is 11.6 Å². The van der Waals surface area contributed by atoms with Crippen LogP contribution in [0.5, 0.6) is 0 Å². The van der Waals surface area contributed by atoms with Crippen molar-refractivity contribution in [1.29, 1.82) is 0 Å². The molecule has 0 amide bonds. The fraction of sp³-hybridized carbons (Fsp3) is 0.812. The van der Waals surface area contributed by atoms with Crippen molar-refractivity contribution in [2.75, 3.05) is 6.54 Å². The Morgan fingerprint density at radius 3 is 2.80 bits per heavy atom. The molecule has 0 radical (unpaired) electrons. The minimum atomic E-state index is 0.410. The molecule has 1 aromatic heterocycles. The van der Waals surface area contributed by atoms with Gasteiger partial charge in [0.2, 0.25) is 0 Å². The van der Waals surface area contributed by atoms with Crippen LogP contribution in [-0.2, 0) is 6.54 Å². The lowest BCUT2D eigenvalue weighted by atomic mass is 9.96. The average Bonchev–Trinajstić information content (AvgIpc) is 3.09. The Labute approximate surface area is 127 Å². The lowest BCUT2D eigenvalue weighted by molar-refractivity contribution is 0.327. The SMILES string of the molecule is ClC1CCC(CNCc2ccn(C3CCCCC3)n2)C1. The number of hydrogen-bond donors (Lipinski definition) is 1. The molecule has 0 aromatic carbocycles. The van der Waals surface area contributed by atoms with E-state index in [9.17, 15) is 0 Å². The summed E-state index contributed by atoms with van der Waals surface area (Å²) in [7, 11) is 0. The molecule has 20 heavy (non-hydrogen) atoms. The van der Waals surface area contributed by atoms with Crippen LogP contribution in [0.4, 0.5) is 0 Å². The number of nitrogens with one attached hydrogen (secondary N) is 1. The van der Waals surface area contributed by atoms with Gasteiger partial charge < -0.3 is 5.32 Å². The maximum absolute atomic E-state index is 6.15. The van der Waals surface area contributed by atoms with Gasteiger partial charge in [-0.3, -0.25) is 4.68 Å². The highest BCUT2D eigenvalue weighted by molar-refractivity contribution is 6.20. The zero-order chi connectivity index (χ0) is 13.8. The summed E-state index contributed by atoms with van der Waals surface area (Å²) < 4.78 is 2.19. The summed E-state index contributed by atoms with van der Waals surface area (Å²) in [5.74, 6) is 0.762. The van der Waals surface area contributed by atoms with E-state index in [1.54, 1.807) is 0 Å². The molecule has 0 saturated heterocycles.